The Labute approximate surface area is 156 Å². The van der Waals surface area contributed by atoms with Gasteiger partial charge in [-0.05, 0) is 12.1 Å². The first kappa shape index (κ1) is 19.2. The van der Waals surface area contributed by atoms with Crippen LogP contribution < -0.4 is 5.73 Å². The van der Waals surface area contributed by atoms with Crippen LogP contribution in [0.5, 0.6) is 0 Å². The highest BCUT2D eigenvalue weighted by Crippen LogP contribution is 2.45. The van der Waals surface area contributed by atoms with Crippen molar-refractivity contribution < 1.29 is 26.7 Å². The van der Waals surface area contributed by atoms with Crippen LogP contribution in [0.1, 0.15) is 10.7 Å². The molecule has 0 fully saturated rings. The highest BCUT2D eigenvalue weighted by molar-refractivity contribution is 7.16. The van der Waals surface area contributed by atoms with Gasteiger partial charge in [0.15, 0.2) is 5.01 Å². The summed E-state index contributed by atoms with van der Waals surface area (Å²) >= 11 is 6.18. The van der Waals surface area contributed by atoms with Gasteiger partial charge >= 0.3 is 12.1 Å². The van der Waals surface area contributed by atoms with Crippen LogP contribution in [0.2, 0.25) is 5.02 Å². The Morgan fingerprint density at radius 1 is 1.22 bits per heavy atom. The van der Waals surface area contributed by atoms with Crippen molar-refractivity contribution in [2.75, 3.05) is 0 Å². The van der Waals surface area contributed by atoms with E-state index in [-0.39, 0.29) is 32.7 Å². The summed E-state index contributed by atoms with van der Waals surface area (Å²) in [5.74, 6) is -6.00. The minimum atomic E-state index is -5.81. The number of fused-ring (bicyclic) bond motifs is 1. The standard InChI is InChI=1S/C15H8ClF5N4OS/c16-8-4-2-1-3-7(8)11-9(5-6-10(22)26)25-13(23-11)27-12(24-25)14(17,18)15(19,20)21/h1-6H,(H2,22,26)/b6-5+. The molecule has 0 bridgehead atoms. The second kappa shape index (κ2) is 6.57. The monoisotopic (exact) mass is 422 g/mol. The van der Waals surface area contributed by atoms with Crippen LogP contribution in [0.3, 0.4) is 0 Å². The average molecular weight is 423 g/mol. The molecule has 142 valence electrons. The van der Waals surface area contributed by atoms with Gasteiger partial charge in [-0.3, -0.25) is 4.79 Å². The third-order valence-electron chi connectivity index (χ3n) is 3.40. The molecule has 0 spiro atoms. The minimum absolute atomic E-state index is 0.0163. The molecule has 2 heterocycles. The van der Waals surface area contributed by atoms with Crippen molar-refractivity contribution in [2.24, 2.45) is 5.73 Å². The van der Waals surface area contributed by atoms with Crippen molar-refractivity contribution in [1.82, 2.24) is 14.6 Å². The molecule has 12 heteroatoms. The van der Waals surface area contributed by atoms with E-state index in [9.17, 15) is 26.7 Å². The fraction of sp³-hybridized carbons (Fsp3) is 0.133. The highest BCUT2D eigenvalue weighted by atomic mass is 35.5. The average Bonchev–Trinajstić information content (AvgIpc) is 3.10. The number of carbonyl (C=O) groups excluding carboxylic acids is 1. The summed E-state index contributed by atoms with van der Waals surface area (Å²) in [7, 11) is 0. The van der Waals surface area contributed by atoms with Crippen molar-refractivity contribution in [3.8, 4) is 11.3 Å². The van der Waals surface area contributed by atoms with Crippen molar-refractivity contribution in [3.05, 3.63) is 46.1 Å². The number of hydrogen-bond acceptors (Lipinski definition) is 4. The number of alkyl halides is 5. The molecule has 0 aliphatic carbocycles. The van der Waals surface area contributed by atoms with E-state index >= 15 is 0 Å². The molecule has 1 amide bonds. The van der Waals surface area contributed by atoms with E-state index in [4.69, 9.17) is 17.3 Å². The number of primary amides is 1. The van der Waals surface area contributed by atoms with E-state index in [2.05, 4.69) is 10.1 Å². The van der Waals surface area contributed by atoms with Gasteiger partial charge in [-0.15, -0.1) is 0 Å². The lowest BCUT2D eigenvalue weighted by Crippen LogP contribution is -2.33. The quantitative estimate of drug-likeness (QED) is 0.504. The van der Waals surface area contributed by atoms with Gasteiger partial charge in [0.2, 0.25) is 10.9 Å². The first-order chi connectivity index (χ1) is 12.5. The van der Waals surface area contributed by atoms with Crippen molar-refractivity contribution >= 4 is 39.9 Å². The number of hydrogen-bond donors (Lipinski definition) is 1. The molecular weight excluding hydrogens is 415 g/mol. The Hall–Kier alpha value is -2.53. The maximum absolute atomic E-state index is 13.6. The van der Waals surface area contributed by atoms with Gasteiger partial charge in [0, 0.05) is 11.6 Å². The largest absolute Gasteiger partial charge is 0.460 e. The molecule has 0 unspecified atom stereocenters. The summed E-state index contributed by atoms with van der Waals surface area (Å²) in [6.45, 7) is 0. The molecule has 0 saturated carbocycles. The Morgan fingerprint density at radius 2 is 1.89 bits per heavy atom. The van der Waals surface area contributed by atoms with Crippen LogP contribution in [0.4, 0.5) is 22.0 Å². The Balaban J connectivity index is 2.24. The lowest BCUT2D eigenvalue weighted by Gasteiger charge is -2.15. The van der Waals surface area contributed by atoms with Gasteiger partial charge in [0.25, 0.3) is 0 Å². The molecule has 0 radical (unpaired) electrons. The fourth-order valence-electron chi connectivity index (χ4n) is 2.17. The summed E-state index contributed by atoms with van der Waals surface area (Å²) in [4.78, 5) is 14.9. The lowest BCUT2D eigenvalue weighted by atomic mass is 10.1. The van der Waals surface area contributed by atoms with E-state index in [1.54, 1.807) is 24.3 Å². The van der Waals surface area contributed by atoms with Gasteiger partial charge in [0.05, 0.1) is 10.7 Å². The van der Waals surface area contributed by atoms with Crippen LogP contribution >= 0.6 is 22.9 Å². The van der Waals surface area contributed by atoms with Gasteiger partial charge in [0.1, 0.15) is 5.69 Å². The number of nitrogens with zero attached hydrogens (tertiary/aromatic N) is 3. The zero-order valence-electron chi connectivity index (χ0n) is 13.0. The number of imidazole rings is 1. The molecule has 0 aliphatic heterocycles. The molecule has 0 saturated heterocycles. The molecule has 0 aliphatic rings. The number of carbonyl (C=O) groups is 1. The summed E-state index contributed by atoms with van der Waals surface area (Å²) in [6, 6.07) is 6.39. The predicted octanol–water partition coefficient (Wildman–Crippen LogP) is 4.26. The third kappa shape index (κ3) is 3.39. The number of rotatable bonds is 4. The van der Waals surface area contributed by atoms with Gasteiger partial charge < -0.3 is 5.73 Å². The zero-order valence-corrected chi connectivity index (χ0v) is 14.5. The Morgan fingerprint density at radius 3 is 2.48 bits per heavy atom. The molecule has 1 aromatic carbocycles. The molecule has 27 heavy (non-hydrogen) atoms. The van der Waals surface area contributed by atoms with E-state index in [0.29, 0.717) is 5.56 Å². The first-order valence-corrected chi connectivity index (χ1v) is 8.29. The van der Waals surface area contributed by atoms with Crippen LogP contribution in [0.15, 0.2) is 30.3 Å². The third-order valence-corrected chi connectivity index (χ3v) is 4.71. The lowest BCUT2D eigenvalue weighted by molar-refractivity contribution is -0.289. The topological polar surface area (TPSA) is 73.3 Å². The molecule has 3 aromatic rings. The molecule has 5 nitrogen and oxygen atoms in total. The normalized spacial score (nSPS) is 13.0. The number of aromatic nitrogens is 3. The van der Waals surface area contributed by atoms with Crippen molar-refractivity contribution in [1.29, 1.82) is 0 Å². The highest BCUT2D eigenvalue weighted by Gasteiger charge is 2.61. The summed E-state index contributed by atoms with van der Waals surface area (Å²) in [6.07, 6.45) is -3.78. The van der Waals surface area contributed by atoms with E-state index < -0.39 is 23.0 Å². The predicted molar refractivity (Wildman–Crippen MR) is 89.5 cm³/mol. The summed E-state index contributed by atoms with van der Waals surface area (Å²) in [5.41, 5.74) is 5.55. The first-order valence-electron chi connectivity index (χ1n) is 7.09. The van der Waals surface area contributed by atoms with Gasteiger partial charge in [-0.1, -0.05) is 41.1 Å². The maximum atomic E-state index is 13.6. The molecule has 0 atom stereocenters. The molecule has 2 N–H and O–H groups in total. The van der Waals surface area contributed by atoms with Crippen LogP contribution in [-0.4, -0.2) is 26.7 Å². The second-order valence-electron chi connectivity index (χ2n) is 5.23. The number of amides is 1. The van der Waals surface area contributed by atoms with Crippen LogP contribution in [0.25, 0.3) is 22.3 Å². The van der Waals surface area contributed by atoms with E-state index in [1.807, 2.05) is 0 Å². The molecular formula is C15H8ClF5N4OS. The smallest absolute Gasteiger partial charge is 0.366 e. The molecule has 2 aromatic heterocycles. The second-order valence-corrected chi connectivity index (χ2v) is 6.60. The van der Waals surface area contributed by atoms with Crippen LogP contribution in [0, 0.1) is 0 Å². The minimum Gasteiger partial charge on any atom is -0.366 e. The van der Waals surface area contributed by atoms with Gasteiger partial charge in [-0.25, -0.2) is 9.50 Å². The zero-order chi connectivity index (χ0) is 20.0. The van der Waals surface area contributed by atoms with Crippen molar-refractivity contribution in [2.45, 2.75) is 12.1 Å². The maximum Gasteiger partial charge on any atom is 0.460 e. The van der Waals surface area contributed by atoms with Gasteiger partial charge in [-0.2, -0.15) is 27.1 Å². The number of halogens is 6. The summed E-state index contributed by atoms with van der Waals surface area (Å²) in [5, 5.41) is 2.15. The Kier molecular flexibility index (Phi) is 4.68. The SMILES string of the molecule is NC(=O)/C=C/c1c(-c2ccccc2Cl)nc2sc(C(F)(F)C(F)(F)F)nn12. The number of benzene rings is 1. The Bertz CT molecular complexity index is 1060. The van der Waals surface area contributed by atoms with Crippen LogP contribution in [-0.2, 0) is 10.7 Å². The van der Waals surface area contributed by atoms with E-state index in [0.717, 1.165) is 16.7 Å². The fourth-order valence-corrected chi connectivity index (χ4v) is 3.30. The summed E-state index contributed by atoms with van der Waals surface area (Å²) < 4.78 is 65.8. The number of nitrogens with two attached hydrogens (primary N) is 1. The molecule has 3 rings (SSSR count). The van der Waals surface area contributed by atoms with E-state index in [1.165, 1.54) is 0 Å². The van der Waals surface area contributed by atoms with Crippen molar-refractivity contribution in [3.63, 3.8) is 0 Å².